The van der Waals surface area contributed by atoms with E-state index in [1.165, 1.54) is 12.1 Å². The third kappa shape index (κ3) is 1.43. The highest BCUT2D eigenvalue weighted by Crippen LogP contribution is 2.26. The summed E-state index contributed by atoms with van der Waals surface area (Å²) in [4.78, 5) is 0. The van der Waals surface area contributed by atoms with E-state index in [9.17, 15) is 4.39 Å². The summed E-state index contributed by atoms with van der Waals surface area (Å²) in [7, 11) is 0. The largest absolute Gasteiger partial charge is 0.261 e. The lowest BCUT2D eigenvalue weighted by atomic mass is 10.2. The topological polar surface area (TPSA) is 17.8 Å². The van der Waals surface area contributed by atoms with Crippen LogP contribution in [0.5, 0.6) is 0 Å². The molecule has 1 aromatic carbocycles. The van der Waals surface area contributed by atoms with Gasteiger partial charge in [0.15, 0.2) is 0 Å². The first-order valence-corrected chi connectivity index (χ1v) is 5.22. The maximum Gasteiger partial charge on any atom is 0.136 e. The highest BCUT2D eigenvalue weighted by atomic mass is 79.9. The van der Waals surface area contributed by atoms with E-state index >= 15 is 0 Å². The van der Waals surface area contributed by atoms with E-state index in [-0.39, 0.29) is 11.9 Å². The summed E-state index contributed by atoms with van der Waals surface area (Å²) < 4.78 is 15.6. The standard InChI is InChI=1S/C10H10BrFN2/c1-6(2)14-9-5-7(12)3-4-8(9)10(11)13-14/h3-6H,1-2H3. The minimum atomic E-state index is -0.230. The van der Waals surface area contributed by atoms with Crippen LogP contribution in [-0.4, -0.2) is 9.78 Å². The van der Waals surface area contributed by atoms with Gasteiger partial charge in [-0.1, -0.05) is 0 Å². The van der Waals surface area contributed by atoms with Crippen molar-refractivity contribution in [2.24, 2.45) is 0 Å². The van der Waals surface area contributed by atoms with Gasteiger partial charge in [0, 0.05) is 11.4 Å². The fourth-order valence-corrected chi connectivity index (χ4v) is 1.97. The molecule has 0 fully saturated rings. The minimum absolute atomic E-state index is 0.227. The van der Waals surface area contributed by atoms with Gasteiger partial charge in [0.25, 0.3) is 0 Å². The van der Waals surface area contributed by atoms with E-state index in [1.807, 2.05) is 18.5 Å². The fraction of sp³-hybridized carbons (Fsp3) is 0.300. The normalized spacial score (nSPS) is 11.5. The third-order valence-corrected chi connectivity index (χ3v) is 2.70. The molecule has 0 aliphatic heterocycles. The van der Waals surface area contributed by atoms with Crippen LogP contribution in [0.4, 0.5) is 4.39 Å². The lowest BCUT2D eigenvalue weighted by Crippen LogP contribution is -2.02. The summed E-state index contributed by atoms with van der Waals surface area (Å²) in [6.07, 6.45) is 0. The molecule has 0 N–H and O–H groups in total. The average Bonchev–Trinajstić information content (AvgIpc) is 2.43. The van der Waals surface area contributed by atoms with Gasteiger partial charge in [-0.15, -0.1) is 0 Å². The van der Waals surface area contributed by atoms with Crippen LogP contribution in [0, 0.1) is 5.82 Å². The molecule has 0 saturated carbocycles. The molecule has 0 radical (unpaired) electrons. The number of rotatable bonds is 1. The Kier molecular flexibility index (Phi) is 2.31. The molecule has 0 unspecified atom stereocenters. The van der Waals surface area contributed by atoms with Crippen molar-refractivity contribution in [1.29, 1.82) is 0 Å². The van der Waals surface area contributed by atoms with Gasteiger partial charge < -0.3 is 0 Å². The lowest BCUT2D eigenvalue weighted by molar-refractivity contribution is 0.546. The summed E-state index contributed by atoms with van der Waals surface area (Å²) in [5.74, 6) is -0.230. The average molecular weight is 257 g/mol. The molecule has 0 amide bonds. The van der Waals surface area contributed by atoms with Crippen LogP contribution in [0.2, 0.25) is 0 Å². The number of hydrogen-bond acceptors (Lipinski definition) is 1. The molecule has 0 saturated heterocycles. The zero-order valence-corrected chi connectivity index (χ0v) is 9.55. The molecule has 2 aromatic rings. The van der Waals surface area contributed by atoms with Crippen LogP contribution in [0.15, 0.2) is 22.8 Å². The fourth-order valence-electron chi connectivity index (χ4n) is 1.46. The third-order valence-electron chi connectivity index (χ3n) is 2.11. The van der Waals surface area contributed by atoms with Gasteiger partial charge in [-0.3, -0.25) is 4.68 Å². The van der Waals surface area contributed by atoms with Crippen molar-refractivity contribution in [3.05, 3.63) is 28.6 Å². The SMILES string of the molecule is CC(C)n1nc(Br)c2ccc(F)cc21. The number of nitrogens with zero attached hydrogens (tertiary/aromatic N) is 2. The van der Waals surface area contributed by atoms with Crippen molar-refractivity contribution in [3.63, 3.8) is 0 Å². The Balaban J connectivity index is 2.79. The van der Waals surface area contributed by atoms with Crippen molar-refractivity contribution < 1.29 is 4.39 Å². The van der Waals surface area contributed by atoms with Crippen molar-refractivity contribution >= 4 is 26.8 Å². The summed E-state index contributed by atoms with van der Waals surface area (Å²) >= 11 is 3.36. The molecule has 74 valence electrons. The monoisotopic (exact) mass is 256 g/mol. The molecule has 0 aliphatic carbocycles. The van der Waals surface area contributed by atoms with Gasteiger partial charge in [0.2, 0.25) is 0 Å². The van der Waals surface area contributed by atoms with Crippen LogP contribution in [0.25, 0.3) is 10.9 Å². The van der Waals surface area contributed by atoms with Crippen molar-refractivity contribution in [2.45, 2.75) is 19.9 Å². The predicted molar refractivity (Wildman–Crippen MR) is 57.8 cm³/mol. The maximum absolute atomic E-state index is 13.0. The van der Waals surface area contributed by atoms with Gasteiger partial charge in [-0.25, -0.2) is 4.39 Å². The van der Waals surface area contributed by atoms with Crippen LogP contribution in [0.3, 0.4) is 0 Å². The number of hydrogen-bond donors (Lipinski definition) is 0. The number of halogens is 2. The van der Waals surface area contributed by atoms with Crippen LogP contribution in [-0.2, 0) is 0 Å². The van der Waals surface area contributed by atoms with E-state index in [0.717, 1.165) is 15.5 Å². The maximum atomic E-state index is 13.0. The Labute approximate surface area is 89.8 Å². The molecule has 0 bridgehead atoms. The number of fused-ring (bicyclic) bond motifs is 1. The second-order valence-electron chi connectivity index (χ2n) is 3.49. The smallest absolute Gasteiger partial charge is 0.136 e. The van der Waals surface area contributed by atoms with E-state index < -0.39 is 0 Å². The van der Waals surface area contributed by atoms with Gasteiger partial charge in [0.05, 0.1) is 5.52 Å². The molecular formula is C10H10BrFN2. The highest BCUT2D eigenvalue weighted by molar-refractivity contribution is 9.10. The second-order valence-corrected chi connectivity index (χ2v) is 4.24. The zero-order chi connectivity index (χ0) is 10.3. The Hall–Kier alpha value is -0.900. The molecule has 1 heterocycles. The first kappa shape index (κ1) is 9.65. The Morgan fingerprint density at radius 2 is 2.14 bits per heavy atom. The van der Waals surface area contributed by atoms with Crippen molar-refractivity contribution in [2.75, 3.05) is 0 Å². The van der Waals surface area contributed by atoms with E-state index in [1.54, 1.807) is 6.07 Å². The molecule has 2 rings (SSSR count). The van der Waals surface area contributed by atoms with E-state index in [0.29, 0.717) is 0 Å². The van der Waals surface area contributed by atoms with Crippen LogP contribution < -0.4 is 0 Å². The Morgan fingerprint density at radius 1 is 1.43 bits per heavy atom. The minimum Gasteiger partial charge on any atom is -0.261 e. The molecular weight excluding hydrogens is 247 g/mol. The lowest BCUT2D eigenvalue weighted by Gasteiger charge is -2.06. The van der Waals surface area contributed by atoms with Gasteiger partial charge in [0.1, 0.15) is 10.4 Å². The first-order valence-electron chi connectivity index (χ1n) is 4.43. The summed E-state index contributed by atoms with van der Waals surface area (Å²) in [5.41, 5.74) is 0.826. The molecule has 0 aliphatic rings. The van der Waals surface area contributed by atoms with Gasteiger partial charge >= 0.3 is 0 Å². The quantitative estimate of drug-likeness (QED) is 0.764. The van der Waals surface area contributed by atoms with Crippen LogP contribution in [0.1, 0.15) is 19.9 Å². The first-order chi connectivity index (χ1) is 6.59. The molecule has 4 heteroatoms. The predicted octanol–water partition coefficient (Wildman–Crippen LogP) is 3.52. The Bertz CT molecular complexity index is 476. The van der Waals surface area contributed by atoms with Gasteiger partial charge in [-0.2, -0.15) is 5.10 Å². The van der Waals surface area contributed by atoms with Gasteiger partial charge in [-0.05, 0) is 48.0 Å². The van der Waals surface area contributed by atoms with E-state index in [2.05, 4.69) is 21.0 Å². The van der Waals surface area contributed by atoms with Crippen molar-refractivity contribution in [1.82, 2.24) is 9.78 Å². The molecule has 0 spiro atoms. The Morgan fingerprint density at radius 3 is 2.79 bits per heavy atom. The highest BCUT2D eigenvalue weighted by Gasteiger charge is 2.10. The van der Waals surface area contributed by atoms with Crippen LogP contribution >= 0.6 is 15.9 Å². The van der Waals surface area contributed by atoms with Crippen molar-refractivity contribution in [3.8, 4) is 0 Å². The summed E-state index contributed by atoms with van der Waals surface area (Å²) in [6.45, 7) is 4.04. The molecule has 0 atom stereocenters. The van der Waals surface area contributed by atoms with E-state index in [4.69, 9.17) is 0 Å². The molecule has 2 nitrogen and oxygen atoms in total. The zero-order valence-electron chi connectivity index (χ0n) is 7.96. The summed E-state index contributed by atoms with van der Waals surface area (Å²) in [6, 6.07) is 4.92. The molecule has 14 heavy (non-hydrogen) atoms. The summed E-state index contributed by atoms with van der Waals surface area (Å²) in [5, 5.41) is 5.24. The molecule has 1 aromatic heterocycles. The second kappa shape index (κ2) is 3.35. The number of benzene rings is 1. The number of aromatic nitrogens is 2.